The summed E-state index contributed by atoms with van der Waals surface area (Å²) < 4.78 is 19.1. The Morgan fingerprint density at radius 2 is 2.18 bits per heavy atom. The molecule has 0 aliphatic carbocycles. The first-order valence-corrected chi connectivity index (χ1v) is 11.0. The first-order valence-electron chi connectivity index (χ1n) is 9.63. The van der Waals surface area contributed by atoms with Crippen LogP contribution in [0.25, 0.3) is 11.0 Å². The first-order chi connectivity index (χ1) is 13.7. The van der Waals surface area contributed by atoms with Crippen molar-refractivity contribution in [3.8, 4) is 0 Å². The zero-order chi connectivity index (χ0) is 19.5. The third kappa shape index (κ3) is 3.68. The van der Waals surface area contributed by atoms with E-state index in [4.69, 9.17) is 4.74 Å². The second-order valence-electron chi connectivity index (χ2n) is 6.88. The smallest absolute Gasteiger partial charge is 0.321 e. The summed E-state index contributed by atoms with van der Waals surface area (Å²) in [6, 6.07) is 14.0. The molecule has 0 bridgehead atoms. The number of hydrogen-bond donors (Lipinski definition) is 1. The Morgan fingerprint density at radius 3 is 2.96 bits per heavy atom. The third-order valence-electron chi connectivity index (χ3n) is 5.14. The van der Waals surface area contributed by atoms with Crippen molar-refractivity contribution in [3.63, 3.8) is 0 Å². The Morgan fingerprint density at radius 1 is 1.32 bits per heavy atom. The van der Waals surface area contributed by atoms with E-state index in [0.29, 0.717) is 17.5 Å². The summed E-state index contributed by atoms with van der Waals surface area (Å²) in [5.74, 6) is 0.424. The lowest BCUT2D eigenvalue weighted by atomic mass is 9.95. The zero-order valence-electron chi connectivity index (χ0n) is 16.1. The maximum Gasteiger partial charge on any atom is 0.321 e. The Hall–Kier alpha value is -2.28. The van der Waals surface area contributed by atoms with Gasteiger partial charge in [-0.2, -0.15) is 4.98 Å². The standard InChI is InChI=1S/C22H25N3O2S/c1-3-14-27-20-12-13-25(4-2)21-16(8-7-9-17(20)21)15-28(26)22-23-18-10-5-6-11-19(18)24-22/h3,5-11,20H,1,4,12-15H2,2H3,(H,23,24). The number of ether oxygens (including phenoxy) is 1. The molecular formula is C22H25N3O2S. The molecule has 4 rings (SSSR count). The molecule has 2 atom stereocenters. The molecule has 1 N–H and O–H groups in total. The fraction of sp³-hybridized carbons (Fsp3) is 0.318. The predicted octanol–water partition coefficient (Wildman–Crippen LogP) is 4.34. The van der Waals surface area contributed by atoms with Gasteiger partial charge >= 0.3 is 5.16 Å². The number of aromatic amines is 1. The van der Waals surface area contributed by atoms with Gasteiger partial charge < -0.3 is 14.2 Å². The summed E-state index contributed by atoms with van der Waals surface area (Å²) in [5, 5.41) is 0.525. The number of hydrogen-bond acceptors (Lipinski definition) is 4. The number of nitrogens with one attached hydrogen (secondary N) is 1. The molecule has 0 saturated heterocycles. The number of aromatic nitrogens is 2. The number of fused-ring (bicyclic) bond motifs is 2. The zero-order valence-corrected chi connectivity index (χ0v) is 16.9. The van der Waals surface area contributed by atoms with Gasteiger partial charge in [-0.15, -0.1) is 6.58 Å². The van der Waals surface area contributed by atoms with Crippen molar-refractivity contribution < 1.29 is 9.29 Å². The van der Waals surface area contributed by atoms with Gasteiger partial charge in [-0.3, -0.25) is 4.98 Å². The minimum absolute atomic E-state index is 0.0513. The van der Waals surface area contributed by atoms with Gasteiger partial charge in [-0.25, -0.2) is 0 Å². The lowest BCUT2D eigenvalue weighted by Crippen LogP contribution is -2.33. The van der Waals surface area contributed by atoms with Crippen molar-refractivity contribution >= 4 is 27.9 Å². The van der Waals surface area contributed by atoms with Crippen molar-refractivity contribution in [2.45, 2.75) is 30.4 Å². The second kappa shape index (κ2) is 8.39. The van der Waals surface area contributed by atoms with E-state index < -0.39 is 11.2 Å². The summed E-state index contributed by atoms with van der Waals surface area (Å²) in [6.07, 6.45) is 2.78. The van der Waals surface area contributed by atoms with Crippen LogP contribution in [0.2, 0.25) is 0 Å². The molecule has 1 aromatic heterocycles. The fourth-order valence-electron chi connectivity index (χ4n) is 3.83. The number of rotatable bonds is 7. The lowest BCUT2D eigenvalue weighted by molar-refractivity contribution is 0.0659. The topological polar surface area (TPSA) is 64.2 Å². The average Bonchev–Trinajstić information content (AvgIpc) is 3.16. The summed E-state index contributed by atoms with van der Waals surface area (Å²) in [7, 11) is 0. The maximum atomic E-state index is 13.1. The SMILES string of the molecule is C=CCOC1CCN(CC)c2c(C[S+]([O-])c3nc4ccccc4[nH]3)cccc21. The minimum atomic E-state index is -1.25. The van der Waals surface area contributed by atoms with Crippen LogP contribution in [-0.4, -0.2) is 34.2 Å². The van der Waals surface area contributed by atoms with Crippen molar-refractivity contribution in [2.75, 3.05) is 24.6 Å². The van der Waals surface area contributed by atoms with Crippen LogP contribution in [-0.2, 0) is 21.7 Å². The molecule has 28 heavy (non-hydrogen) atoms. The minimum Gasteiger partial charge on any atom is -0.609 e. The van der Waals surface area contributed by atoms with Gasteiger partial charge in [0, 0.05) is 35.4 Å². The molecule has 2 heterocycles. The van der Waals surface area contributed by atoms with Gasteiger partial charge in [-0.05, 0) is 25.5 Å². The van der Waals surface area contributed by atoms with Gasteiger partial charge in [0.05, 0.1) is 29.4 Å². The molecule has 3 aromatic rings. The highest BCUT2D eigenvalue weighted by molar-refractivity contribution is 7.90. The molecule has 6 heteroatoms. The quantitative estimate of drug-likeness (QED) is 0.477. The average molecular weight is 396 g/mol. The fourth-order valence-corrected chi connectivity index (χ4v) is 4.91. The molecule has 0 amide bonds. The van der Waals surface area contributed by atoms with Crippen LogP contribution in [0.4, 0.5) is 5.69 Å². The van der Waals surface area contributed by atoms with E-state index in [0.717, 1.165) is 41.8 Å². The number of para-hydroxylation sites is 3. The normalized spacial score (nSPS) is 17.5. The Balaban J connectivity index is 1.64. The Labute approximate surface area is 168 Å². The first kappa shape index (κ1) is 19.1. The highest BCUT2D eigenvalue weighted by Crippen LogP contribution is 2.39. The molecule has 0 spiro atoms. The van der Waals surface area contributed by atoms with E-state index >= 15 is 0 Å². The van der Waals surface area contributed by atoms with Crippen molar-refractivity contribution in [1.29, 1.82) is 0 Å². The summed E-state index contributed by atoms with van der Waals surface area (Å²) in [6.45, 7) is 8.28. The van der Waals surface area contributed by atoms with Crippen molar-refractivity contribution in [3.05, 3.63) is 66.2 Å². The molecule has 2 unspecified atom stereocenters. The van der Waals surface area contributed by atoms with Crippen LogP contribution >= 0.6 is 0 Å². The molecule has 0 fully saturated rings. The molecule has 0 saturated carbocycles. The van der Waals surface area contributed by atoms with Crippen LogP contribution in [0.5, 0.6) is 0 Å². The second-order valence-corrected chi connectivity index (χ2v) is 8.25. The van der Waals surface area contributed by atoms with Crippen LogP contribution in [0.15, 0.2) is 60.3 Å². The molecule has 146 valence electrons. The number of anilines is 1. The molecule has 5 nitrogen and oxygen atoms in total. The van der Waals surface area contributed by atoms with Crippen molar-refractivity contribution in [1.82, 2.24) is 9.97 Å². The predicted molar refractivity (Wildman–Crippen MR) is 114 cm³/mol. The van der Waals surface area contributed by atoms with Gasteiger partial charge in [0.15, 0.2) is 0 Å². The van der Waals surface area contributed by atoms with Crippen LogP contribution < -0.4 is 4.90 Å². The highest BCUT2D eigenvalue weighted by Gasteiger charge is 2.29. The number of nitrogens with zero attached hydrogens (tertiary/aromatic N) is 2. The van der Waals surface area contributed by atoms with E-state index in [2.05, 4.69) is 40.5 Å². The van der Waals surface area contributed by atoms with Gasteiger partial charge in [0.2, 0.25) is 0 Å². The van der Waals surface area contributed by atoms with E-state index in [1.807, 2.05) is 30.3 Å². The van der Waals surface area contributed by atoms with E-state index in [1.165, 1.54) is 5.56 Å². The lowest BCUT2D eigenvalue weighted by Gasteiger charge is -2.36. The largest absolute Gasteiger partial charge is 0.609 e. The molecule has 0 radical (unpaired) electrons. The number of imidazole rings is 1. The van der Waals surface area contributed by atoms with Crippen LogP contribution in [0, 0.1) is 0 Å². The van der Waals surface area contributed by atoms with Crippen molar-refractivity contribution in [2.24, 2.45) is 0 Å². The maximum absolute atomic E-state index is 13.1. The van der Waals surface area contributed by atoms with Crippen LogP contribution in [0.3, 0.4) is 0 Å². The third-order valence-corrected chi connectivity index (χ3v) is 6.34. The van der Waals surface area contributed by atoms with Gasteiger partial charge in [-0.1, -0.05) is 36.4 Å². The van der Waals surface area contributed by atoms with E-state index in [9.17, 15) is 4.55 Å². The summed E-state index contributed by atoms with van der Waals surface area (Å²) >= 11 is -1.25. The number of H-pyrrole nitrogens is 1. The molecular weight excluding hydrogens is 370 g/mol. The molecule has 2 aromatic carbocycles. The Bertz CT molecular complexity index is 938. The van der Waals surface area contributed by atoms with Crippen LogP contribution in [0.1, 0.15) is 30.6 Å². The van der Waals surface area contributed by atoms with Gasteiger partial charge in [0.25, 0.3) is 0 Å². The van der Waals surface area contributed by atoms with Gasteiger partial charge in [0.1, 0.15) is 5.75 Å². The molecule has 1 aliphatic heterocycles. The summed E-state index contributed by atoms with van der Waals surface area (Å²) in [4.78, 5) is 10.1. The highest BCUT2D eigenvalue weighted by atomic mass is 32.2. The van der Waals surface area contributed by atoms with E-state index in [1.54, 1.807) is 6.08 Å². The summed E-state index contributed by atoms with van der Waals surface area (Å²) in [5.41, 5.74) is 5.16. The molecule has 1 aliphatic rings. The number of benzene rings is 2. The monoisotopic (exact) mass is 395 g/mol. The Kier molecular flexibility index (Phi) is 5.71. The van der Waals surface area contributed by atoms with E-state index in [-0.39, 0.29) is 6.10 Å².